The van der Waals surface area contributed by atoms with E-state index < -0.39 is 0 Å². The SMILES string of the molecule is CC1CCCCC1OCCNC(=O)Cn1c(=O)cnc2ccccc21. The van der Waals surface area contributed by atoms with Gasteiger partial charge >= 0.3 is 0 Å². The van der Waals surface area contributed by atoms with Gasteiger partial charge in [0.25, 0.3) is 5.56 Å². The molecule has 3 rings (SSSR count). The first-order valence-electron chi connectivity index (χ1n) is 8.98. The van der Waals surface area contributed by atoms with Gasteiger partial charge in [-0.15, -0.1) is 0 Å². The van der Waals surface area contributed by atoms with Crippen LogP contribution in [0.15, 0.2) is 35.3 Å². The van der Waals surface area contributed by atoms with E-state index in [4.69, 9.17) is 4.74 Å². The van der Waals surface area contributed by atoms with Gasteiger partial charge in [0.1, 0.15) is 6.54 Å². The molecule has 1 saturated carbocycles. The van der Waals surface area contributed by atoms with E-state index in [0.29, 0.717) is 36.2 Å². The summed E-state index contributed by atoms with van der Waals surface area (Å²) in [6.45, 7) is 3.18. The number of hydrogen-bond acceptors (Lipinski definition) is 4. The standard InChI is InChI=1S/C19H25N3O3/c1-14-6-2-5-9-17(14)25-11-10-20-18(23)13-22-16-8-4-3-7-15(16)21-12-19(22)24/h3-4,7-8,12,14,17H,2,5-6,9-11,13H2,1H3,(H,20,23). The van der Waals surface area contributed by atoms with Crippen molar-refractivity contribution in [2.24, 2.45) is 5.92 Å². The second-order valence-corrected chi connectivity index (χ2v) is 6.69. The van der Waals surface area contributed by atoms with Gasteiger partial charge in [0.2, 0.25) is 5.91 Å². The summed E-state index contributed by atoms with van der Waals surface area (Å²) in [6.07, 6.45) is 6.38. The summed E-state index contributed by atoms with van der Waals surface area (Å²) >= 11 is 0. The first-order valence-corrected chi connectivity index (χ1v) is 8.98. The molecule has 0 saturated heterocycles. The lowest BCUT2D eigenvalue weighted by Crippen LogP contribution is -2.35. The first-order chi connectivity index (χ1) is 12.1. The number of carbonyl (C=O) groups excluding carboxylic acids is 1. The topological polar surface area (TPSA) is 73.2 Å². The Bertz CT molecular complexity index is 787. The molecule has 1 amide bonds. The number of para-hydroxylation sites is 2. The van der Waals surface area contributed by atoms with E-state index >= 15 is 0 Å². The molecule has 1 aliphatic carbocycles. The van der Waals surface area contributed by atoms with Crippen molar-refractivity contribution < 1.29 is 9.53 Å². The summed E-state index contributed by atoms with van der Waals surface area (Å²) in [5.41, 5.74) is 1.09. The second-order valence-electron chi connectivity index (χ2n) is 6.69. The first kappa shape index (κ1) is 17.6. The number of nitrogens with one attached hydrogen (secondary N) is 1. The number of nitrogens with zero attached hydrogens (tertiary/aromatic N) is 2. The molecule has 25 heavy (non-hydrogen) atoms. The fourth-order valence-corrected chi connectivity index (χ4v) is 3.41. The van der Waals surface area contributed by atoms with Crippen LogP contribution in [0.1, 0.15) is 32.6 Å². The maximum absolute atomic E-state index is 12.2. The highest BCUT2D eigenvalue weighted by molar-refractivity contribution is 5.79. The van der Waals surface area contributed by atoms with Crippen LogP contribution in [0.2, 0.25) is 0 Å². The molecule has 6 heteroatoms. The van der Waals surface area contributed by atoms with Gasteiger partial charge in [0, 0.05) is 6.54 Å². The minimum Gasteiger partial charge on any atom is -0.376 e. The Hall–Kier alpha value is -2.21. The molecule has 134 valence electrons. The Labute approximate surface area is 147 Å². The van der Waals surface area contributed by atoms with Crippen LogP contribution in [0.25, 0.3) is 11.0 Å². The Morgan fingerprint density at radius 2 is 2.12 bits per heavy atom. The zero-order chi connectivity index (χ0) is 17.6. The monoisotopic (exact) mass is 343 g/mol. The molecule has 1 N–H and O–H groups in total. The van der Waals surface area contributed by atoms with Crippen LogP contribution in [-0.4, -0.2) is 34.7 Å². The molecule has 0 aliphatic heterocycles. The van der Waals surface area contributed by atoms with Crippen molar-refractivity contribution in [2.75, 3.05) is 13.2 Å². The summed E-state index contributed by atoms with van der Waals surface area (Å²) in [4.78, 5) is 28.3. The normalized spacial score (nSPS) is 20.5. The molecule has 0 bridgehead atoms. The summed E-state index contributed by atoms with van der Waals surface area (Å²) in [5, 5.41) is 2.83. The number of carbonyl (C=O) groups is 1. The van der Waals surface area contributed by atoms with Gasteiger partial charge in [-0.2, -0.15) is 0 Å². The van der Waals surface area contributed by atoms with E-state index in [1.54, 1.807) is 6.07 Å². The van der Waals surface area contributed by atoms with E-state index in [0.717, 1.165) is 6.42 Å². The Kier molecular flexibility index (Phi) is 5.81. The van der Waals surface area contributed by atoms with E-state index in [2.05, 4.69) is 17.2 Å². The molecule has 1 aliphatic rings. The average Bonchev–Trinajstić information content (AvgIpc) is 2.62. The predicted octanol–water partition coefficient (Wildman–Crippen LogP) is 2.11. The Morgan fingerprint density at radius 1 is 1.32 bits per heavy atom. The van der Waals surface area contributed by atoms with Gasteiger partial charge < -0.3 is 10.1 Å². The van der Waals surface area contributed by atoms with Crippen molar-refractivity contribution in [1.82, 2.24) is 14.9 Å². The van der Waals surface area contributed by atoms with Crippen molar-refractivity contribution in [3.05, 3.63) is 40.8 Å². The Balaban J connectivity index is 1.51. The predicted molar refractivity (Wildman–Crippen MR) is 96.4 cm³/mol. The smallest absolute Gasteiger partial charge is 0.269 e. The number of aromatic nitrogens is 2. The number of ether oxygens (including phenoxy) is 1. The lowest BCUT2D eigenvalue weighted by Gasteiger charge is -2.28. The van der Waals surface area contributed by atoms with Crippen LogP contribution in [0.4, 0.5) is 0 Å². The Morgan fingerprint density at radius 3 is 2.96 bits per heavy atom. The van der Waals surface area contributed by atoms with Gasteiger partial charge in [-0.05, 0) is 30.9 Å². The van der Waals surface area contributed by atoms with Crippen LogP contribution in [0.5, 0.6) is 0 Å². The van der Waals surface area contributed by atoms with Crippen molar-refractivity contribution in [1.29, 1.82) is 0 Å². The van der Waals surface area contributed by atoms with E-state index in [1.807, 2.05) is 18.2 Å². The fourth-order valence-electron chi connectivity index (χ4n) is 3.41. The maximum Gasteiger partial charge on any atom is 0.269 e. The quantitative estimate of drug-likeness (QED) is 0.815. The number of amides is 1. The zero-order valence-electron chi connectivity index (χ0n) is 14.6. The largest absolute Gasteiger partial charge is 0.376 e. The number of fused-ring (bicyclic) bond motifs is 1. The molecule has 1 heterocycles. The molecule has 1 aromatic heterocycles. The number of rotatable bonds is 6. The average molecular weight is 343 g/mol. The highest BCUT2D eigenvalue weighted by Gasteiger charge is 2.21. The molecule has 0 radical (unpaired) electrons. The van der Waals surface area contributed by atoms with Crippen LogP contribution in [-0.2, 0) is 16.1 Å². The molecule has 2 atom stereocenters. The molecule has 1 aromatic carbocycles. The van der Waals surface area contributed by atoms with E-state index in [-0.39, 0.29) is 18.0 Å². The molecular weight excluding hydrogens is 318 g/mol. The highest BCUT2D eigenvalue weighted by atomic mass is 16.5. The summed E-state index contributed by atoms with van der Waals surface area (Å²) in [6, 6.07) is 7.30. The summed E-state index contributed by atoms with van der Waals surface area (Å²) in [5.74, 6) is 0.393. The highest BCUT2D eigenvalue weighted by Crippen LogP contribution is 2.25. The van der Waals surface area contributed by atoms with Gasteiger partial charge in [-0.3, -0.25) is 14.2 Å². The molecule has 2 unspecified atom stereocenters. The van der Waals surface area contributed by atoms with E-state index in [9.17, 15) is 9.59 Å². The number of benzene rings is 1. The van der Waals surface area contributed by atoms with Crippen molar-refractivity contribution in [2.45, 2.75) is 45.3 Å². The minimum absolute atomic E-state index is 0.0122. The van der Waals surface area contributed by atoms with Crippen LogP contribution in [0.3, 0.4) is 0 Å². The summed E-state index contributed by atoms with van der Waals surface area (Å²) in [7, 11) is 0. The van der Waals surface area contributed by atoms with Gasteiger partial charge in [-0.1, -0.05) is 31.9 Å². The lowest BCUT2D eigenvalue weighted by molar-refractivity contribution is -0.122. The molecule has 1 fully saturated rings. The van der Waals surface area contributed by atoms with Crippen LogP contribution >= 0.6 is 0 Å². The third-order valence-corrected chi connectivity index (χ3v) is 4.84. The van der Waals surface area contributed by atoms with Crippen molar-refractivity contribution in [3.63, 3.8) is 0 Å². The van der Waals surface area contributed by atoms with Crippen LogP contribution < -0.4 is 10.9 Å². The number of hydrogen-bond donors (Lipinski definition) is 1. The molecule has 2 aromatic rings. The second kappa shape index (κ2) is 8.25. The van der Waals surface area contributed by atoms with Gasteiger partial charge in [0.15, 0.2) is 0 Å². The molecule has 6 nitrogen and oxygen atoms in total. The minimum atomic E-state index is -0.277. The summed E-state index contributed by atoms with van der Waals surface area (Å²) < 4.78 is 7.34. The molecular formula is C19H25N3O3. The van der Waals surface area contributed by atoms with Gasteiger partial charge in [-0.25, -0.2) is 4.98 Å². The fraction of sp³-hybridized carbons (Fsp3) is 0.526. The maximum atomic E-state index is 12.2. The van der Waals surface area contributed by atoms with E-state index in [1.165, 1.54) is 30.0 Å². The van der Waals surface area contributed by atoms with Crippen molar-refractivity contribution >= 4 is 16.9 Å². The van der Waals surface area contributed by atoms with Crippen molar-refractivity contribution in [3.8, 4) is 0 Å². The zero-order valence-corrected chi connectivity index (χ0v) is 14.6. The van der Waals surface area contributed by atoms with Crippen LogP contribution in [0, 0.1) is 5.92 Å². The molecule has 0 spiro atoms. The third kappa shape index (κ3) is 4.45. The van der Waals surface area contributed by atoms with Gasteiger partial charge in [0.05, 0.1) is 29.9 Å². The lowest BCUT2D eigenvalue weighted by atomic mass is 9.88. The third-order valence-electron chi connectivity index (χ3n) is 4.84.